The molecule has 1 aromatic rings. The summed E-state index contributed by atoms with van der Waals surface area (Å²) >= 11 is 0. The van der Waals surface area contributed by atoms with Crippen molar-refractivity contribution in [2.45, 2.75) is 37.8 Å². The SMILES string of the molecule is CCOc1ccc(CCCC(OS(=O)(=O)C(F)(F)F)C(=O)OC)cc1. The average molecular weight is 384 g/mol. The van der Waals surface area contributed by atoms with E-state index in [0.717, 1.165) is 12.7 Å². The Bertz CT molecular complexity index is 655. The van der Waals surface area contributed by atoms with Crippen LogP contribution in [0, 0.1) is 0 Å². The lowest BCUT2D eigenvalue weighted by molar-refractivity contribution is -0.149. The van der Waals surface area contributed by atoms with Crippen LogP contribution in [0.2, 0.25) is 0 Å². The fourth-order valence-corrected chi connectivity index (χ4v) is 2.54. The molecule has 0 amide bonds. The summed E-state index contributed by atoms with van der Waals surface area (Å²) in [6.45, 7) is 2.36. The highest BCUT2D eigenvalue weighted by atomic mass is 32.2. The molecule has 1 aromatic carbocycles. The molecule has 25 heavy (non-hydrogen) atoms. The summed E-state index contributed by atoms with van der Waals surface area (Å²) in [4.78, 5) is 11.5. The van der Waals surface area contributed by atoms with Crippen LogP contribution in [0.5, 0.6) is 5.75 Å². The molecule has 142 valence electrons. The molecule has 0 fully saturated rings. The third-order valence-electron chi connectivity index (χ3n) is 3.16. The molecule has 0 aromatic heterocycles. The van der Waals surface area contributed by atoms with Crippen molar-refractivity contribution in [3.05, 3.63) is 29.8 Å². The monoisotopic (exact) mass is 384 g/mol. The highest BCUT2D eigenvalue weighted by molar-refractivity contribution is 7.87. The van der Waals surface area contributed by atoms with Crippen LogP contribution < -0.4 is 4.74 Å². The number of esters is 1. The van der Waals surface area contributed by atoms with Crippen molar-refractivity contribution in [3.63, 3.8) is 0 Å². The van der Waals surface area contributed by atoms with E-state index in [1.807, 2.05) is 6.92 Å². The standard InChI is InChI=1S/C15H19F3O6S/c1-3-23-12-9-7-11(8-10-12)5-4-6-13(14(19)22-2)24-25(20,21)15(16,17)18/h7-10,13H,3-6H2,1-2H3. The maximum absolute atomic E-state index is 12.4. The maximum atomic E-state index is 12.4. The molecular weight excluding hydrogens is 365 g/mol. The maximum Gasteiger partial charge on any atom is 0.523 e. The molecule has 0 aliphatic carbocycles. The first-order valence-electron chi connectivity index (χ1n) is 7.40. The number of aryl methyl sites for hydroxylation is 1. The largest absolute Gasteiger partial charge is 0.523 e. The molecule has 0 aliphatic rings. The lowest BCUT2D eigenvalue weighted by Gasteiger charge is -2.16. The van der Waals surface area contributed by atoms with Gasteiger partial charge in [-0.1, -0.05) is 12.1 Å². The van der Waals surface area contributed by atoms with Crippen molar-refractivity contribution in [2.24, 2.45) is 0 Å². The third kappa shape index (κ3) is 6.54. The number of ether oxygens (including phenoxy) is 2. The zero-order valence-electron chi connectivity index (χ0n) is 13.7. The number of methoxy groups -OCH3 is 1. The van der Waals surface area contributed by atoms with Crippen molar-refractivity contribution in [1.82, 2.24) is 0 Å². The number of rotatable bonds is 9. The summed E-state index contributed by atoms with van der Waals surface area (Å²) in [7, 11) is -4.94. The zero-order valence-corrected chi connectivity index (χ0v) is 14.5. The number of hydrogen-bond donors (Lipinski definition) is 0. The highest BCUT2D eigenvalue weighted by Crippen LogP contribution is 2.27. The van der Waals surface area contributed by atoms with Crippen LogP contribution in [-0.4, -0.2) is 39.7 Å². The molecule has 1 atom stereocenters. The Kier molecular flexibility index (Phi) is 7.68. The molecule has 0 radical (unpaired) electrons. The van der Waals surface area contributed by atoms with E-state index in [0.29, 0.717) is 18.8 Å². The van der Waals surface area contributed by atoms with Crippen LogP contribution >= 0.6 is 0 Å². The van der Waals surface area contributed by atoms with Crippen molar-refractivity contribution < 1.29 is 40.0 Å². The van der Waals surface area contributed by atoms with E-state index in [2.05, 4.69) is 8.92 Å². The number of carbonyl (C=O) groups is 1. The Hall–Kier alpha value is -1.81. The number of carbonyl (C=O) groups excluding carboxylic acids is 1. The van der Waals surface area contributed by atoms with Gasteiger partial charge in [0.25, 0.3) is 0 Å². The lowest BCUT2D eigenvalue weighted by Crippen LogP contribution is -2.34. The van der Waals surface area contributed by atoms with Crippen LogP contribution in [0.4, 0.5) is 13.2 Å². The molecule has 0 saturated carbocycles. The van der Waals surface area contributed by atoms with Gasteiger partial charge >= 0.3 is 21.6 Å². The van der Waals surface area contributed by atoms with E-state index in [1.54, 1.807) is 24.3 Å². The Morgan fingerprint density at radius 1 is 1.20 bits per heavy atom. The topological polar surface area (TPSA) is 78.9 Å². The number of alkyl halides is 3. The second-order valence-corrected chi connectivity index (χ2v) is 6.54. The summed E-state index contributed by atoms with van der Waals surface area (Å²) in [6, 6.07) is 7.01. The highest BCUT2D eigenvalue weighted by Gasteiger charge is 2.49. The Morgan fingerprint density at radius 3 is 2.28 bits per heavy atom. The minimum atomic E-state index is -5.88. The molecule has 0 N–H and O–H groups in total. The van der Waals surface area contributed by atoms with Crippen molar-refractivity contribution >= 4 is 16.1 Å². The second-order valence-electron chi connectivity index (χ2n) is 4.98. The minimum Gasteiger partial charge on any atom is -0.494 e. The number of hydrogen-bond acceptors (Lipinski definition) is 6. The van der Waals surface area contributed by atoms with Gasteiger partial charge in [0.1, 0.15) is 5.75 Å². The van der Waals surface area contributed by atoms with Gasteiger partial charge in [0, 0.05) is 0 Å². The van der Waals surface area contributed by atoms with Crippen LogP contribution in [-0.2, 0) is 30.3 Å². The molecule has 6 nitrogen and oxygen atoms in total. The summed E-state index contributed by atoms with van der Waals surface area (Å²) in [5, 5.41) is 0. The van der Waals surface area contributed by atoms with Crippen molar-refractivity contribution in [3.8, 4) is 5.75 Å². The van der Waals surface area contributed by atoms with Gasteiger partial charge in [-0.15, -0.1) is 0 Å². The van der Waals surface area contributed by atoms with Crippen molar-refractivity contribution in [1.29, 1.82) is 0 Å². The molecule has 10 heteroatoms. The average Bonchev–Trinajstić information content (AvgIpc) is 2.54. The van der Waals surface area contributed by atoms with Crippen LogP contribution in [0.3, 0.4) is 0 Å². The molecule has 0 bridgehead atoms. The molecule has 1 rings (SSSR count). The summed E-state index contributed by atoms with van der Waals surface area (Å²) in [6.07, 6.45) is -1.45. The van der Waals surface area contributed by atoms with E-state index in [-0.39, 0.29) is 12.8 Å². The zero-order chi connectivity index (χ0) is 19.1. The molecular formula is C15H19F3O6S. The fraction of sp³-hybridized carbons (Fsp3) is 0.533. The lowest BCUT2D eigenvalue weighted by atomic mass is 10.1. The summed E-state index contributed by atoms with van der Waals surface area (Å²) < 4.78 is 72.8. The van der Waals surface area contributed by atoms with E-state index >= 15 is 0 Å². The van der Waals surface area contributed by atoms with Gasteiger partial charge in [-0.3, -0.25) is 0 Å². The molecule has 0 heterocycles. The first-order valence-corrected chi connectivity index (χ1v) is 8.80. The molecule has 1 unspecified atom stereocenters. The normalized spacial score (nSPS) is 13.3. The number of benzene rings is 1. The predicted molar refractivity (Wildman–Crippen MR) is 82.4 cm³/mol. The van der Waals surface area contributed by atoms with Crippen LogP contribution in [0.15, 0.2) is 24.3 Å². The van der Waals surface area contributed by atoms with E-state index < -0.39 is 27.7 Å². The Balaban J connectivity index is 2.66. The third-order valence-corrected chi connectivity index (χ3v) is 4.21. The van der Waals surface area contributed by atoms with Gasteiger partial charge in [0.2, 0.25) is 0 Å². The van der Waals surface area contributed by atoms with Gasteiger partial charge in [0.05, 0.1) is 13.7 Å². The minimum absolute atomic E-state index is 0.223. The summed E-state index contributed by atoms with van der Waals surface area (Å²) in [5.74, 6) is -0.502. The molecule has 0 spiro atoms. The smallest absolute Gasteiger partial charge is 0.494 e. The second kappa shape index (κ2) is 9.04. The van der Waals surface area contributed by atoms with E-state index in [9.17, 15) is 26.4 Å². The first-order chi connectivity index (χ1) is 11.6. The van der Waals surface area contributed by atoms with E-state index in [1.165, 1.54) is 0 Å². The first kappa shape index (κ1) is 21.2. The van der Waals surface area contributed by atoms with Crippen LogP contribution in [0.25, 0.3) is 0 Å². The van der Waals surface area contributed by atoms with Crippen molar-refractivity contribution in [2.75, 3.05) is 13.7 Å². The van der Waals surface area contributed by atoms with Crippen LogP contribution in [0.1, 0.15) is 25.3 Å². The van der Waals surface area contributed by atoms with Gasteiger partial charge in [-0.2, -0.15) is 21.6 Å². The molecule has 0 aliphatic heterocycles. The Morgan fingerprint density at radius 2 is 1.80 bits per heavy atom. The van der Waals surface area contributed by atoms with Gasteiger partial charge in [-0.05, 0) is 43.9 Å². The fourth-order valence-electron chi connectivity index (χ4n) is 1.95. The van der Waals surface area contributed by atoms with Gasteiger partial charge < -0.3 is 9.47 Å². The van der Waals surface area contributed by atoms with Gasteiger partial charge in [0.15, 0.2) is 6.10 Å². The number of halogens is 3. The Labute approximate surface area is 144 Å². The summed E-state index contributed by atoms with van der Waals surface area (Å²) in [5.41, 5.74) is -4.75. The quantitative estimate of drug-likeness (QED) is 0.370. The van der Waals surface area contributed by atoms with Gasteiger partial charge in [-0.25, -0.2) is 8.98 Å². The predicted octanol–water partition coefficient (Wildman–Crippen LogP) is 2.82. The van der Waals surface area contributed by atoms with E-state index in [4.69, 9.17) is 4.74 Å². The molecule has 0 saturated heterocycles.